The summed E-state index contributed by atoms with van der Waals surface area (Å²) >= 11 is 5.63. The summed E-state index contributed by atoms with van der Waals surface area (Å²) in [6, 6.07) is 0. The molecule has 0 unspecified atom stereocenters. The third kappa shape index (κ3) is 1.76. The van der Waals surface area contributed by atoms with Crippen molar-refractivity contribution in [2.24, 2.45) is 0 Å². The lowest BCUT2D eigenvalue weighted by molar-refractivity contribution is -0.428. The van der Waals surface area contributed by atoms with Crippen LogP contribution in [0.1, 0.15) is 12.8 Å². The predicted octanol–water partition coefficient (Wildman–Crippen LogP) is 2.04. The molecule has 12 heavy (non-hydrogen) atoms. The van der Waals surface area contributed by atoms with Crippen LogP contribution in [0.15, 0.2) is 22.6 Å². The molecular weight excluding hydrogens is 182 g/mol. The molecule has 0 amide bonds. The highest BCUT2D eigenvalue weighted by Gasteiger charge is 2.21. The molecule has 0 fully saturated rings. The third-order valence-corrected chi connectivity index (χ3v) is 1.98. The van der Waals surface area contributed by atoms with E-state index in [2.05, 4.69) is 0 Å². The molecule has 0 aromatic heterocycles. The Morgan fingerprint density at radius 1 is 1.67 bits per heavy atom. The number of nitro groups is 1. The van der Waals surface area contributed by atoms with Crippen LogP contribution < -0.4 is 0 Å². The van der Waals surface area contributed by atoms with Gasteiger partial charge in [0.15, 0.2) is 0 Å². The number of hydrogen-bond donors (Lipinski definition) is 0. The van der Waals surface area contributed by atoms with Gasteiger partial charge in [-0.15, -0.1) is 0 Å². The first kappa shape index (κ1) is 9.06. The van der Waals surface area contributed by atoms with Gasteiger partial charge in [-0.1, -0.05) is 11.6 Å². The molecule has 5 heteroatoms. The van der Waals surface area contributed by atoms with Gasteiger partial charge in [0.25, 0.3) is 5.70 Å². The quantitative estimate of drug-likeness (QED) is 0.493. The van der Waals surface area contributed by atoms with Crippen LogP contribution in [0, 0.1) is 10.1 Å². The van der Waals surface area contributed by atoms with Crippen molar-refractivity contribution in [1.82, 2.24) is 0 Å². The van der Waals surface area contributed by atoms with Crippen LogP contribution in [-0.2, 0) is 4.74 Å². The topological polar surface area (TPSA) is 52.4 Å². The Morgan fingerprint density at radius 3 is 2.75 bits per heavy atom. The van der Waals surface area contributed by atoms with E-state index < -0.39 is 4.92 Å². The molecule has 1 aliphatic carbocycles. The number of allylic oxidation sites excluding steroid dienone is 4. The van der Waals surface area contributed by atoms with Crippen LogP contribution in [0.5, 0.6) is 0 Å². The van der Waals surface area contributed by atoms with Gasteiger partial charge in [0, 0.05) is 18.9 Å². The first-order valence-corrected chi connectivity index (χ1v) is 3.80. The second kappa shape index (κ2) is 3.58. The lowest BCUT2D eigenvalue weighted by atomic mass is 10.1. The van der Waals surface area contributed by atoms with Crippen LogP contribution in [0.2, 0.25) is 0 Å². The second-order valence-electron chi connectivity index (χ2n) is 2.37. The Morgan fingerprint density at radius 2 is 2.33 bits per heavy atom. The van der Waals surface area contributed by atoms with E-state index in [1.807, 2.05) is 0 Å². The minimum Gasteiger partial charge on any atom is -0.501 e. The highest BCUT2D eigenvalue weighted by molar-refractivity contribution is 6.31. The van der Waals surface area contributed by atoms with E-state index in [1.165, 1.54) is 13.2 Å². The number of hydrogen-bond acceptors (Lipinski definition) is 3. The fraction of sp³-hybridized carbons (Fsp3) is 0.429. The maximum atomic E-state index is 10.4. The summed E-state index contributed by atoms with van der Waals surface area (Å²) in [6.45, 7) is 0. The zero-order chi connectivity index (χ0) is 9.14. The van der Waals surface area contributed by atoms with Crippen molar-refractivity contribution < 1.29 is 9.66 Å². The first-order chi connectivity index (χ1) is 5.65. The minimum atomic E-state index is -0.453. The standard InChI is InChI=1S/C7H8ClNO3/c1-12-5-2-3-7(9(10)11)6(8)4-5/h4H,2-3H2,1H3. The van der Waals surface area contributed by atoms with Gasteiger partial charge in [0.1, 0.15) is 5.03 Å². The highest BCUT2D eigenvalue weighted by Crippen LogP contribution is 2.26. The maximum Gasteiger partial charge on any atom is 0.265 e. The molecule has 0 aromatic rings. The molecule has 0 radical (unpaired) electrons. The normalized spacial score (nSPS) is 17.3. The molecule has 0 heterocycles. The first-order valence-electron chi connectivity index (χ1n) is 3.42. The summed E-state index contributed by atoms with van der Waals surface area (Å²) in [6.07, 6.45) is 2.37. The zero-order valence-corrected chi connectivity index (χ0v) is 7.30. The van der Waals surface area contributed by atoms with Gasteiger partial charge in [0.05, 0.1) is 17.8 Å². The Labute approximate surface area is 74.6 Å². The van der Waals surface area contributed by atoms with Crippen molar-refractivity contribution in [2.75, 3.05) is 7.11 Å². The minimum absolute atomic E-state index is 0.0671. The van der Waals surface area contributed by atoms with E-state index in [1.54, 1.807) is 0 Å². The van der Waals surface area contributed by atoms with E-state index in [4.69, 9.17) is 16.3 Å². The Bertz CT molecular complexity index is 270. The van der Waals surface area contributed by atoms with Crippen LogP contribution in [0.4, 0.5) is 0 Å². The second-order valence-corrected chi connectivity index (χ2v) is 2.77. The van der Waals surface area contributed by atoms with Gasteiger partial charge in [-0.3, -0.25) is 10.1 Å². The number of nitrogens with zero attached hydrogens (tertiary/aromatic N) is 1. The average Bonchev–Trinajstić information content (AvgIpc) is 2.03. The van der Waals surface area contributed by atoms with Gasteiger partial charge in [-0.05, 0) is 0 Å². The lowest BCUT2D eigenvalue weighted by Crippen LogP contribution is -2.05. The monoisotopic (exact) mass is 189 g/mol. The maximum absolute atomic E-state index is 10.4. The van der Waals surface area contributed by atoms with Gasteiger partial charge >= 0.3 is 0 Å². The molecule has 1 aliphatic rings. The lowest BCUT2D eigenvalue weighted by Gasteiger charge is -2.09. The van der Waals surface area contributed by atoms with Crippen molar-refractivity contribution >= 4 is 11.6 Å². The molecule has 1 rings (SSSR count). The number of halogens is 1. The molecule has 0 aliphatic heterocycles. The molecule has 0 atom stereocenters. The number of ether oxygens (including phenoxy) is 1. The molecule has 4 nitrogen and oxygen atoms in total. The number of methoxy groups -OCH3 is 1. The molecule has 0 aromatic carbocycles. The predicted molar refractivity (Wildman–Crippen MR) is 44.2 cm³/mol. The highest BCUT2D eigenvalue weighted by atomic mass is 35.5. The largest absolute Gasteiger partial charge is 0.501 e. The van der Waals surface area contributed by atoms with Crippen LogP contribution in [0.3, 0.4) is 0 Å². The summed E-state index contributed by atoms with van der Waals surface area (Å²) in [7, 11) is 1.52. The summed E-state index contributed by atoms with van der Waals surface area (Å²) in [5.41, 5.74) is 0.0671. The summed E-state index contributed by atoms with van der Waals surface area (Å²) in [5, 5.41) is 10.5. The summed E-state index contributed by atoms with van der Waals surface area (Å²) in [5.74, 6) is 0.686. The molecule has 0 spiro atoms. The molecule has 0 saturated heterocycles. The Balaban J connectivity index is 2.90. The molecule has 66 valence electrons. The third-order valence-electron chi connectivity index (χ3n) is 1.65. The van der Waals surface area contributed by atoms with Crippen LogP contribution >= 0.6 is 11.6 Å². The fourth-order valence-corrected chi connectivity index (χ4v) is 1.28. The Hall–Kier alpha value is -1.03. The van der Waals surface area contributed by atoms with E-state index >= 15 is 0 Å². The van der Waals surface area contributed by atoms with Crippen molar-refractivity contribution in [2.45, 2.75) is 12.8 Å². The van der Waals surface area contributed by atoms with Crippen LogP contribution in [-0.4, -0.2) is 12.0 Å². The molecule has 0 saturated carbocycles. The van der Waals surface area contributed by atoms with Gasteiger partial charge in [0.2, 0.25) is 0 Å². The summed E-state index contributed by atoms with van der Waals surface area (Å²) in [4.78, 5) is 9.90. The van der Waals surface area contributed by atoms with Crippen molar-refractivity contribution in [1.29, 1.82) is 0 Å². The average molecular weight is 190 g/mol. The van der Waals surface area contributed by atoms with E-state index in [9.17, 15) is 10.1 Å². The van der Waals surface area contributed by atoms with Gasteiger partial charge in [-0.2, -0.15) is 0 Å². The van der Waals surface area contributed by atoms with Crippen LogP contribution in [0.25, 0.3) is 0 Å². The van der Waals surface area contributed by atoms with Crippen molar-refractivity contribution in [3.8, 4) is 0 Å². The summed E-state index contributed by atoms with van der Waals surface area (Å²) < 4.78 is 4.91. The van der Waals surface area contributed by atoms with E-state index in [-0.39, 0.29) is 10.7 Å². The fourth-order valence-electron chi connectivity index (χ4n) is 0.997. The molecule has 0 bridgehead atoms. The van der Waals surface area contributed by atoms with Gasteiger partial charge < -0.3 is 4.74 Å². The molecular formula is C7H8ClNO3. The number of rotatable bonds is 2. The Kier molecular flexibility index (Phi) is 2.70. The van der Waals surface area contributed by atoms with Gasteiger partial charge in [-0.25, -0.2) is 0 Å². The zero-order valence-electron chi connectivity index (χ0n) is 6.54. The SMILES string of the molecule is COC1=CC(Cl)=C([N+](=O)[O-])CC1. The smallest absolute Gasteiger partial charge is 0.265 e. The van der Waals surface area contributed by atoms with E-state index in [0.717, 1.165) is 0 Å². The van der Waals surface area contributed by atoms with E-state index in [0.29, 0.717) is 18.6 Å². The van der Waals surface area contributed by atoms with Crippen molar-refractivity contribution in [3.05, 3.63) is 32.7 Å². The molecule has 0 N–H and O–H groups in total. The van der Waals surface area contributed by atoms with Crippen molar-refractivity contribution in [3.63, 3.8) is 0 Å².